The Morgan fingerprint density at radius 3 is 1.91 bits per heavy atom. The largest absolute Gasteiger partial charge is 0.319 e. The summed E-state index contributed by atoms with van der Waals surface area (Å²) >= 11 is 0. The topological polar surface area (TPSA) is 12.0 Å². The third-order valence-corrected chi connectivity index (χ3v) is 2.18. The van der Waals surface area contributed by atoms with Crippen LogP contribution in [0.5, 0.6) is 0 Å². The van der Waals surface area contributed by atoms with Gasteiger partial charge in [0.15, 0.2) is 0 Å². The minimum absolute atomic E-state index is 0.810. The van der Waals surface area contributed by atoms with E-state index in [9.17, 15) is 0 Å². The number of hydrogen-bond donors (Lipinski definition) is 1. The van der Waals surface area contributed by atoms with Crippen LogP contribution in [-0.2, 0) is 0 Å². The Kier molecular flexibility index (Phi) is 5.57. The van der Waals surface area contributed by atoms with Gasteiger partial charge in [-0.3, -0.25) is 0 Å². The normalized spacial score (nSPS) is 14.5. The number of nitrogens with one attached hydrogen (secondary N) is 1. The first kappa shape index (κ1) is 11.0. The Morgan fingerprint density at radius 1 is 1.09 bits per heavy atom. The third-order valence-electron chi connectivity index (χ3n) is 2.18. The second kappa shape index (κ2) is 5.59. The molecule has 0 saturated heterocycles. The lowest BCUT2D eigenvalue weighted by Crippen LogP contribution is -2.24. The molecule has 11 heavy (non-hydrogen) atoms. The van der Waals surface area contributed by atoms with E-state index in [2.05, 4.69) is 33.0 Å². The molecular weight excluding hydrogens is 134 g/mol. The van der Waals surface area contributed by atoms with Crippen LogP contribution in [0.1, 0.15) is 34.1 Å². The molecule has 0 fully saturated rings. The van der Waals surface area contributed by atoms with Crippen molar-refractivity contribution >= 4 is 0 Å². The highest BCUT2D eigenvalue weighted by Gasteiger charge is 2.13. The van der Waals surface area contributed by atoms with E-state index in [1.165, 1.54) is 6.42 Å². The van der Waals surface area contributed by atoms with Gasteiger partial charge in [-0.15, -0.1) is 0 Å². The second-order valence-corrected chi connectivity index (χ2v) is 4.19. The van der Waals surface area contributed by atoms with Crippen molar-refractivity contribution in [2.75, 3.05) is 13.6 Å². The molecular formula is C10H23N. The van der Waals surface area contributed by atoms with Crippen LogP contribution < -0.4 is 5.32 Å². The number of hydrogen-bond acceptors (Lipinski definition) is 1. The van der Waals surface area contributed by atoms with E-state index in [4.69, 9.17) is 0 Å². The van der Waals surface area contributed by atoms with Crippen molar-refractivity contribution in [3.63, 3.8) is 0 Å². The fourth-order valence-corrected chi connectivity index (χ4v) is 1.46. The zero-order valence-electron chi connectivity index (χ0n) is 8.65. The Morgan fingerprint density at radius 2 is 1.64 bits per heavy atom. The Labute approximate surface area is 71.6 Å². The second-order valence-electron chi connectivity index (χ2n) is 4.19. The first-order chi connectivity index (χ1) is 5.07. The molecule has 0 spiro atoms. The van der Waals surface area contributed by atoms with E-state index in [-0.39, 0.29) is 0 Å². The lowest BCUT2D eigenvalue weighted by Gasteiger charge is -2.22. The summed E-state index contributed by atoms with van der Waals surface area (Å²) < 4.78 is 0. The minimum Gasteiger partial charge on any atom is -0.319 e. The van der Waals surface area contributed by atoms with Crippen LogP contribution in [0.15, 0.2) is 0 Å². The highest BCUT2D eigenvalue weighted by atomic mass is 14.8. The summed E-state index contributed by atoms with van der Waals surface area (Å²) in [6.07, 6.45) is 1.35. The molecule has 68 valence electrons. The summed E-state index contributed by atoms with van der Waals surface area (Å²) in [5.74, 6) is 2.49. The molecule has 1 unspecified atom stereocenters. The predicted molar refractivity (Wildman–Crippen MR) is 51.7 cm³/mol. The van der Waals surface area contributed by atoms with Crippen molar-refractivity contribution in [1.29, 1.82) is 0 Å². The first-order valence-electron chi connectivity index (χ1n) is 4.72. The summed E-state index contributed by atoms with van der Waals surface area (Å²) in [6, 6.07) is 0. The molecule has 1 N–H and O–H groups in total. The first-order valence-corrected chi connectivity index (χ1v) is 4.72. The Balaban J connectivity index is 3.69. The molecule has 0 aromatic heterocycles. The molecule has 0 amide bonds. The maximum atomic E-state index is 3.25. The highest BCUT2D eigenvalue weighted by molar-refractivity contribution is 4.66. The maximum Gasteiger partial charge on any atom is -0.00210 e. The molecule has 0 rings (SSSR count). The molecule has 0 aliphatic rings. The van der Waals surface area contributed by atoms with Crippen molar-refractivity contribution in [3.05, 3.63) is 0 Å². The van der Waals surface area contributed by atoms with Crippen LogP contribution in [0, 0.1) is 17.8 Å². The van der Waals surface area contributed by atoms with Gasteiger partial charge in [0.2, 0.25) is 0 Å². The van der Waals surface area contributed by atoms with Crippen LogP contribution in [0.3, 0.4) is 0 Å². The van der Waals surface area contributed by atoms with Gasteiger partial charge in [-0.25, -0.2) is 0 Å². The van der Waals surface area contributed by atoms with Gasteiger partial charge in [0.25, 0.3) is 0 Å². The minimum atomic E-state index is 0.810. The van der Waals surface area contributed by atoms with Crippen LogP contribution in [0.2, 0.25) is 0 Å². The molecule has 1 atom stereocenters. The zero-order chi connectivity index (χ0) is 8.85. The number of rotatable bonds is 5. The summed E-state index contributed by atoms with van der Waals surface area (Å²) in [6.45, 7) is 10.4. The molecule has 0 aliphatic heterocycles. The van der Waals surface area contributed by atoms with Gasteiger partial charge in [0.05, 0.1) is 0 Å². The van der Waals surface area contributed by atoms with Gasteiger partial charge < -0.3 is 5.32 Å². The smallest absolute Gasteiger partial charge is 0.00210 e. The van der Waals surface area contributed by atoms with Gasteiger partial charge in [-0.2, -0.15) is 0 Å². The van der Waals surface area contributed by atoms with Gasteiger partial charge in [0.1, 0.15) is 0 Å². The van der Waals surface area contributed by atoms with E-state index in [0.717, 1.165) is 24.3 Å². The van der Waals surface area contributed by atoms with Crippen molar-refractivity contribution in [3.8, 4) is 0 Å². The van der Waals surface area contributed by atoms with E-state index in [0.29, 0.717) is 0 Å². The molecule has 0 aromatic rings. The van der Waals surface area contributed by atoms with E-state index < -0.39 is 0 Å². The van der Waals surface area contributed by atoms with Crippen molar-refractivity contribution in [2.45, 2.75) is 34.1 Å². The standard InChI is InChI=1S/C10H23N/c1-8(2)6-10(7-11-5)9(3)4/h8-11H,6-7H2,1-5H3. The molecule has 0 radical (unpaired) electrons. The lowest BCUT2D eigenvalue weighted by atomic mass is 9.88. The van der Waals surface area contributed by atoms with Crippen molar-refractivity contribution < 1.29 is 0 Å². The van der Waals surface area contributed by atoms with Crippen LogP contribution in [0.4, 0.5) is 0 Å². The molecule has 0 heterocycles. The van der Waals surface area contributed by atoms with Crippen molar-refractivity contribution in [1.82, 2.24) is 5.32 Å². The van der Waals surface area contributed by atoms with Gasteiger partial charge in [0, 0.05) is 0 Å². The monoisotopic (exact) mass is 157 g/mol. The molecule has 1 nitrogen and oxygen atoms in total. The summed E-state index contributed by atoms with van der Waals surface area (Å²) in [5.41, 5.74) is 0. The van der Waals surface area contributed by atoms with Gasteiger partial charge in [-0.1, -0.05) is 27.7 Å². The predicted octanol–water partition coefficient (Wildman–Crippen LogP) is 2.52. The SMILES string of the molecule is CNCC(CC(C)C)C(C)C. The average Bonchev–Trinajstić information content (AvgIpc) is 1.86. The molecule has 0 aromatic carbocycles. The fraction of sp³-hybridized carbons (Fsp3) is 1.00. The quantitative estimate of drug-likeness (QED) is 0.646. The average molecular weight is 157 g/mol. The van der Waals surface area contributed by atoms with Crippen molar-refractivity contribution in [2.24, 2.45) is 17.8 Å². The van der Waals surface area contributed by atoms with Crippen LogP contribution in [-0.4, -0.2) is 13.6 Å². The van der Waals surface area contributed by atoms with E-state index in [1.807, 2.05) is 7.05 Å². The molecule has 0 saturated carbocycles. The van der Waals surface area contributed by atoms with E-state index in [1.54, 1.807) is 0 Å². The maximum absolute atomic E-state index is 3.25. The van der Waals surface area contributed by atoms with Gasteiger partial charge in [-0.05, 0) is 37.8 Å². The van der Waals surface area contributed by atoms with Crippen LogP contribution in [0.25, 0.3) is 0 Å². The highest BCUT2D eigenvalue weighted by Crippen LogP contribution is 2.18. The summed E-state index contributed by atoms with van der Waals surface area (Å²) in [7, 11) is 2.04. The third kappa shape index (κ3) is 5.25. The Bertz CT molecular complexity index is 86.9. The lowest BCUT2D eigenvalue weighted by molar-refractivity contribution is 0.310. The summed E-state index contributed by atoms with van der Waals surface area (Å²) in [5, 5.41) is 3.25. The van der Waals surface area contributed by atoms with Gasteiger partial charge >= 0.3 is 0 Å². The molecule has 1 heteroatoms. The van der Waals surface area contributed by atoms with Crippen LogP contribution >= 0.6 is 0 Å². The molecule has 0 aliphatic carbocycles. The van der Waals surface area contributed by atoms with E-state index >= 15 is 0 Å². The fourth-order valence-electron chi connectivity index (χ4n) is 1.46. The summed E-state index contributed by atoms with van der Waals surface area (Å²) in [4.78, 5) is 0. The Hall–Kier alpha value is -0.0400. The molecule has 0 bridgehead atoms. The zero-order valence-corrected chi connectivity index (χ0v) is 8.65.